The molecule has 1 amide bonds. The van der Waals surface area contributed by atoms with Crippen LogP contribution in [-0.2, 0) is 11.2 Å². The Morgan fingerprint density at radius 1 is 1.43 bits per heavy atom. The fourth-order valence-electron chi connectivity index (χ4n) is 3.18. The van der Waals surface area contributed by atoms with Crippen molar-refractivity contribution in [2.75, 3.05) is 0 Å². The quantitative estimate of drug-likeness (QED) is 0.859. The van der Waals surface area contributed by atoms with E-state index < -0.39 is 6.10 Å². The van der Waals surface area contributed by atoms with Crippen LogP contribution in [0.5, 0.6) is 0 Å². The molecule has 0 bridgehead atoms. The standard InChI is InChI=1S/C15H21N5O3/c1-9-12(19-23-18-9)8-14(21)17-11-4-3-5-13(15(11)22)20-7-6-16-10(20)2/h6-7,11,13,15,22H,3-5,8H2,1-2H3,(H,17,21)/t11-,13-,15-/m1/s1. The maximum Gasteiger partial charge on any atom is 0.226 e. The number of aliphatic hydroxyl groups excluding tert-OH is 1. The molecule has 0 aromatic carbocycles. The summed E-state index contributed by atoms with van der Waals surface area (Å²) in [7, 11) is 0. The minimum absolute atomic E-state index is 0.0630. The Kier molecular flexibility index (Phi) is 4.42. The third-order valence-electron chi connectivity index (χ3n) is 4.46. The minimum atomic E-state index is -0.642. The summed E-state index contributed by atoms with van der Waals surface area (Å²) in [6, 6.07) is -0.338. The van der Waals surface area contributed by atoms with Crippen molar-refractivity contribution in [1.82, 2.24) is 25.2 Å². The maximum atomic E-state index is 12.2. The van der Waals surface area contributed by atoms with E-state index in [0.29, 0.717) is 11.4 Å². The van der Waals surface area contributed by atoms with Crippen LogP contribution in [0.1, 0.15) is 42.5 Å². The highest BCUT2D eigenvalue weighted by molar-refractivity contribution is 5.78. The van der Waals surface area contributed by atoms with Gasteiger partial charge in [-0.25, -0.2) is 9.61 Å². The third kappa shape index (κ3) is 3.26. The van der Waals surface area contributed by atoms with Crippen molar-refractivity contribution in [2.45, 2.75) is 57.7 Å². The van der Waals surface area contributed by atoms with Gasteiger partial charge in [0.05, 0.1) is 24.6 Å². The molecule has 2 aromatic rings. The van der Waals surface area contributed by atoms with E-state index in [1.54, 1.807) is 13.1 Å². The Morgan fingerprint density at radius 2 is 2.26 bits per heavy atom. The summed E-state index contributed by atoms with van der Waals surface area (Å²) in [5, 5.41) is 20.9. The second-order valence-electron chi connectivity index (χ2n) is 6.02. The van der Waals surface area contributed by atoms with Gasteiger partial charge in [-0.15, -0.1) is 0 Å². The summed E-state index contributed by atoms with van der Waals surface area (Å²) < 4.78 is 6.58. The molecule has 3 rings (SSSR count). The predicted octanol–water partition coefficient (Wildman–Crippen LogP) is 0.696. The van der Waals surface area contributed by atoms with Gasteiger partial charge in [-0.1, -0.05) is 10.3 Å². The predicted molar refractivity (Wildman–Crippen MR) is 80.5 cm³/mol. The van der Waals surface area contributed by atoms with Gasteiger partial charge in [0.2, 0.25) is 5.91 Å². The average molecular weight is 319 g/mol. The maximum absolute atomic E-state index is 12.2. The van der Waals surface area contributed by atoms with Gasteiger partial charge in [0, 0.05) is 12.4 Å². The highest BCUT2D eigenvalue weighted by Gasteiger charge is 2.34. The number of nitrogens with zero attached hydrogens (tertiary/aromatic N) is 4. The topological polar surface area (TPSA) is 106 Å². The molecule has 124 valence electrons. The molecule has 23 heavy (non-hydrogen) atoms. The molecule has 0 radical (unpaired) electrons. The van der Waals surface area contributed by atoms with Crippen LogP contribution in [0.3, 0.4) is 0 Å². The molecule has 8 nitrogen and oxygen atoms in total. The van der Waals surface area contributed by atoms with Crippen molar-refractivity contribution in [1.29, 1.82) is 0 Å². The van der Waals surface area contributed by atoms with E-state index in [9.17, 15) is 9.90 Å². The van der Waals surface area contributed by atoms with E-state index in [1.807, 2.05) is 17.7 Å². The van der Waals surface area contributed by atoms with Gasteiger partial charge in [0.15, 0.2) is 0 Å². The van der Waals surface area contributed by atoms with E-state index in [0.717, 1.165) is 25.1 Å². The zero-order valence-electron chi connectivity index (χ0n) is 13.3. The first-order chi connectivity index (χ1) is 11.1. The SMILES string of the molecule is Cc1nonc1CC(=O)N[C@@H]1CCC[C@@H](n2ccnc2C)[C@@H]1O. The first-order valence-corrected chi connectivity index (χ1v) is 7.81. The number of imidazole rings is 1. The van der Waals surface area contributed by atoms with Crippen molar-refractivity contribution in [3.63, 3.8) is 0 Å². The fraction of sp³-hybridized carbons (Fsp3) is 0.600. The third-order valence-corrected chi connectivity index (χ3v) is 4.46. The van der Waals surface area contributed by atoms with Crippen LogP contribution in [0, 0.1) is 13.8 Å². The number of aromatic nitrogens is 4. The first kappa shape index (κ1) is 15.7. The molecule has 0 unspecified atom stereocenters. The monoisotopic (exact) mass is 319 g/mol. The van der Waals surface area contributed by atoms with Crippen LogP contribution in [0.4, 0.5) is 0 Å². The number of amides is 1. The number of carbonyl (C=O) groups excluding carboxylic acids is 1. The summed E-state index contributed by atoms with van der Waals surface area (Å²) in [5.41, 5.74) is 1.13. The van der Waals surface area contributed by atoms with Crippen LogP contribution in [0.25, 0.3) is 0 Å². The van der Waals surface area contributed by atoms with Gasteiger partial charge in [-0.2, -0.15) is 0 Å². The van der Waals surface area contributed by atoms with E-state index in [1.165, 1.54) is 0 Å². The second-order valence-corrected chi connectivity index (χ2v) is 6.02. The second kappa shape index (κ2) is 6.49. The number of rotatable bonds is 4. The van der Waals surface area contributed by atoms with Gasteiger partial charge in [0.25, 0.3) is 0 Å². The number of hydrogen-bond donors (Lipinski definition) is 2. The molecule has 1 aliphatic carbocycles. The van der Waals surface area contributed by atoms with Crippen molar-refractivity contribution in [3.8, 4) is 0 Å². The minimum Gasteiger partial charge on any atom is -0.389 e. The number of hydrogen-bond acceptors (Lipinski definition) is 6. The van der Waals surface area contributed by atoms with E-state index >= 15 is 0 Å². The zero-order chi connectivity index (χ0) is 16.4. The molecule has 0 spiro atoms. The highest BCUT2D eigenvalue weighted by atomic mass is 16.6. The molecule has 3 atom stereocenters. The Balaban J connectivity index is 1.64. The average Bonchev–Trinajstić information content (AvgIpc) is 3.11. The molecular weight excluding hydrogens is 298 g/mol. The van der Waals surface area contributed by atoms with Gasteiger partial charge in [-0.05, 0) is 33.1 Å². The number of carbonyl (C=O) groups is 1. The molecule has 0 aliphatic heterocycles. The fourth-order valence-corrected chi connectivity index (χ4v) is 3.18. The molecule has 2 N–H and O–H groups in total. The van der Waals surface area contributed by atoms with Crippen LogP contribution < -0.4 is 5.32 Å². The highest BCUT2D eigenvalue weighted by Crippen LogP contribution is 2.29. The summed E-state index contributed by atoms with van der Waals surface area (Å²) in [4.78, 5) is 16.4. The Bertz CT molecular complexity index is 680. The smallest absolute Gasteiger partial charge is 0.226 e. The lowest BCUT2D eigenvalue weighted by Gasteiger charge is -2.36. The van der Waals surface area contributed by atoms with Crippen LogP contribution in [-0.4, -0.2) is 43.0 Å². The van der Waals surface area contributed by atoms with Crippen LogP contribution in [0.15, 0.2) is 17.0 Å². The summed E-state index contributed by atoms with van der Waals surface area (Å²) in [6.07, 6.45) is 5.63. The summed E-state index contributed by atoms with van der Waals surface area (Å²) in [5.74, 6) is 0.682. The normalized spacial score (nSPS) is 24.6. The van der Waals surface area contributed by atoms with E-state index in [-0.39, 0.29) is 24.4 Å². The van der Waals surface area contributed by atoms with Gasteiger partial charge in [0.1, 0.15) is 17.2 Å². The summed E-state index contributed by atoms with van der Waals surface area (Å²) in [6.45, 7) is 3.65. The molecular formula is C15H21N5O3. The van der Waals surface area contributed by atoms with Crippen LogP contribution >= 0.6 is 0 Å². The lowest BCUT2D eigenvalue weighted by molar-refractivity contribution is -0.122. The Hall–Kier alpha value is -2.22. The van der Waals surface area contributed by atoms with Crippen molar-refractivity contribution < 1.29 is 14.5 Å². The zero-order valence-corrected chi connectivity index (χ0v) is 13.3. The van der Waals surface area contributed by atoms with E-state index in [2.05, 4.69) is 25.2 Å². The Labute approximate surface area is 133 Å². The first-order valence-electron chi connectivity index (χ1n) is 7.81. The molecule has 2 aromatic heterocycles. The number of nitrogens with one attached hydrogen (secondary N) is 1. The molecule has 0 saturated heterocycles. The largest absolute Gasteiger partial charge is 0.389 e. The van der Waals surface area contributed by atoms with E-state index in [4.69, 9.17) is 0 Å². The van der Waals surface area contributed by atoms with Gasteiger partial charge >= 0.3 is 0 Å². The molecule has 2 heterocycles. The number of aliphatic hydroxyl groups is 1. The Morgan fingerprint density at radius 3 is 2.91 bits per heavy atom. The van der Waals surface area contributed by atoms with Crippen molar-refractivity contribution in [2.24, 2.45) is 0 Å². The van der Waals surface area contributed by atoms with Crippen LogP contribution in [0.2, 0.25) is 0 Å². The summed E-state index contributed by atoms with van der Waals surface area (Å²) >= 11 is 0. The lowest BCUT2D eigenvalue weighted by Crippen LogP contribution is -2.49. The molecule has 1 saturated carbocycles. The van der Waals surface area contributed by atoms with Crippen molar-refractivity contribution in [3.05, 3.63) is 29.6 Å². The molecule has 1 fully saturated rings. The van der Waals surface area contributed by atoms with Crippen molar-refractivity contribution >= 4 is 5.91 Å². The molecule has 1 aliphatic rings. The molecule has 8 heteroatoms. The van der Waals surface area contributed by atoms with Gasteiger partial charge < -0.3 is 15.0 Å². The lowest BCUT2D eigenvalue weighted by atomic mass is 9.87. The number of aryl methyl sites for hydroxylation is 2. The van der Waals surface area contributed by atoms with Gasteiger partial charge in [-0.3, -0.25) is 4.79 Å².